The number of benzene rings is 2. The van der Waals surface area contributed by atoms with Crippen LogP contribution in [0.3, 0.4) is 0 Å². The van der Waals surface area contributed by atoms with Crippen molar-refractivity contribution in [3.05, 3.63) is 95.9 Å². The molecule has 0 bridgehead atoms. The zero-order chi connectivity index (χ0) is 17.6. The van der Waals surface area contributed by atoms with Crippen LogP contribution in [0.4, 0.5) is 0 Å². The highest BCUT2D eigenvalue weighted by atomic mass is 16.5. The summed E-state index contributed by atoms with van der Waals surface area (Å²) in [6, 6.07) is 20.3. The van der Waals surface area contributed by atoms with Crippen LogP contribution < -0.4 is 10.1 Å². The highest BCUT2D eigenvalue weighted by Crippen LogP contribution is 2.15. The maximum Gasteiger partial charge on any atom is 0.154 e. The summed E-state index contributed by atoms with van der Waals surface area (Å²) in [6.45, 7) is 2.07. The molecule has 0 aliphatic rings. The Morgan fingerprint density at radius 3 is 2.65 bits per heavy atom. The second-order valence-corrected chi connectivity index (χ2v) is 6.12. The molecule has 0 fully saturated rings. The van der Waals surface area contributed by atoms with Gasteiger partial charge in [-0.05, 0) is 23.3 Å². The Labute approximate surface area is 152 Å². The van der Waals surface area contributed by atoms with E-state index in [-0.39, 0.29) is 0 Å². The minimum Gasteiger partial charge on any atom is -0.489 e. The smallest absolute Gasteiger partial charge is 0.154 e. The Kier molecular flexibility index (Phi) is 4.89. The van der Waals surface area contributed by atoms with Crippen LogP contribution in [-0.2, 0) is 19.7 Å². The number of fused-ring (bicyclic) bond motifs is 1. The first kappa shape index (κ1) is 16.3. The van der Waals surface area contributed by atoms with Crippen molar-refractivity contribution in [3.63, 3.8) is 0 Å². The van der Waals surface area contributed by atoms with E-state index in [1.54, 1.807) is 10.7 Å². The number of rotatable bonds is 7. The number of ether oxygens (including phenoxy) is 1. The molecule has 5 heteroatoms. The van der Waals surface area contributed by atoms with Gasteiger partial charge in [-0.15, -0.1) is 0 Å². The molecule has 0 spiro atoms. The Morgan fingerprint density at radius 2 is 1.73 bits per heavy atom. The first-order chi connectivity index (χ1) is 12.9. The molecule has 1 N–H and O–H groups in total. The average molecular weight is 344 g/mol. The van der Waals surface area contributed by atoms with Gasteiger partial charge in [-0.25, -0.2) is 9.50 Å². The molecular formula is C21H20N4O. The van der Waals surface area contributed by atoms with Crippen molar-refractivity contribution in [2.75, 3.05) is 0 Å². The summed E-state index contributed by atoms with van der Waals surface area (Å²) in [5, 5.41) is 7.65. The fourth-order valence-electron chi connectivity index (χ4n) is 2.78. The molecule has 2 aromatic carbocycles. The molecule has 0 aliphatic carbocycles. The van der Waals surface area contributed by atoms with Crippen LogP contribution in [0.15, 0.2) is 79.3 Å². The molecule has 2 aromatic heterocycles. The van der Waals surface area contributed by atoms with E-state index in [9.17, 15) is 0 Å². The molecule has 0 aliphatic heterocycles. The molecule has 4 aromatic rings. The highest BCUT2D eigenvalue weighted by molar-refractivity contribution is 5.36. The Morgan fingerprint density at radius 1 is 0.885 bits per heavy atom. The lowest BCUT2D eigenvalue weighted by atomic mass is 10.2. The van der Waals surface area contributed by atoms with E-state index in [1.165, 1.54) is 5.56 Å². The van der Waals surface area contributed by atoms with Crippen LogP contribution in [0.1, 0.15) is 16.7 Å². The van der Waals surface area contributed by atoms with Crippen LogP contribution >= 0.6 is 0 Å². The lowest BCUT2D eigenvalue weighted by molar-refractivity contribution is 0.306. The number of aromatic nitrogens is 3. The molecule has 26 heavy (non-hydrogen) atoms. The van der Waals surface area contributed by atoms with Crippen LogP contribution in [0.2, 0.25) is 0 Å². The van der Waals surface area contributed by atoms with Gasteiger partial charge in [-0.2, -0.15) is 5.10 Å². The van der Waals surface area contributed by atoms with Gasteiger partial charge >= 0.3 is 0 Å². The Balaban J connectivity index is 1.31. The lowest BCUT2D eigenvalue weighted by Crippen LogP contribution is -2.13. The predicted octanol–water partition coefficient (Wildman–Crippen LogP) is 3.60. The van der Waals surface area contributed by atoms with E-state index in [1.807, 2.05) is 48.8 Å². The SMILES string of the molecule is c1ccc(COc2cccc(CNCc3cnc4ccnn4c3)c2)cc1. The van der Waals surface area contributed by atoms with Gasteiger partial charge in [0.25, 0.3) is 0 Å². The van der Waals surface area contributed by atoms with Crippen molar-refractivity contribution in [1.29, 1.82) is 0 Å². The van der Waals surface area contributed by atoms with Gasteiger partial charge in [-0.1, -0.05) is 42.5 Å². The molecule has 0 amide bonds. The van der Waals surface area contributed by atoms with Crippen LogP contribution in [0.25, 0.3) is 5.65 Å². The Bertz CT molecular complexity index is 981. The third kappa shape index (κ3) is 4.07. The topological polar surface area (TPSA) is 51.5 Å². The second-order valence-electron chi connectivity index (χ2n) is 6.12. The summed E-state index contributed by atoms with van der Waals surface area (Å²) in [4.78, 5) is 4.37. The lowest BCUT2D eigenvalue weighted by Gasteiger charge is -2.09. The normalized spacial score (nSPS) is 10.9. The Hall–Kier alpha value is -3.18. The van der Waals surface area contributed by atoms with Gasteiger partial charge in [0.15, 0.2) is 5.65 Å². The maximum atomic E-state index is 5.89. The van der Waals surface area contributed by atoms with Crippen molar-refractivity contribution < 1.29 is 4.74 Å². The zero-order valence-corrected chi connectivity index (χ0v) is 14.4. The van der Waals surface area contributed by atoms with Gasteiger partial charge in [0.05, 0.1) is 6.20 Å². The molecular weight excluding hydrogens is 324 g/mol. The standard InChI is InChI=1S/C21H20N4O/c1-2-5-17(6-3-1)16-26-20-8-4-7-18(11-20)12-22-13-19-14-23-21-9-10-24-25(21)15-19/h1-11,14-15,22H,12-13,16H2. The molecule has 0 saturated carbocycles. The average Bonchev–Trinajstić information content (AvgIpc) is 3.15. The largest absolute Gasteiger partial charge is 0.489 e. The summed E-state index contributed by atoms with van der Waals surface area (Å²) in [6.07, 6.45) is 5.62. The van der Waals surface area contributed by atoms with E-state index in [0.29, 0.717) is 6.61 Å². The van der Waals surface area contributed by atoms with E-state index < -0.39 is 0 Å². The third-order valence-electron chi connectivity index (χ3n) is 4.11. The summed E-state index contributed by atoms with van der Waals surface area (Å²) >= 11 is 0. The van der Waals surface area contributed by atoms with E-state index >= 15 is 0 Å². The fraction of sp³-hybridized carbons (Fsp3) is 0.143. The molecule has 5 nitrogen and oxygen atoms in total. The van der Waals surface area contributed by atoms with E-state index in [4.69, 9.17) is 4.74 Å². The quantitative estimate of drug-likeness (QED) is 0.557. The van der Waals surface area contributed by atoms with Gasteiger partial charge in [0.2, 0.25) is 0 Å². The third-order valence-corrected chi connectivity index (χ3v) is 4.11. The summed E-state index contributed by atoms with van der Waals surface area (Å²) in [5.74, 6) is 0.882. The number of nitrogens with zero attached hydrogens (tertiary/aromatic N) is 3. The van der Waals surface area contributed by atoms with Crippen molar-refractivity contribution in [2.24, 2.45) is 0 Å². The first-order valence-electron chi connectivity index (χ1n) is 8.61. The number of hydrogen-bond acceptors (Lipinski definition) is 4. The molecule has 2 heterocycles. The minimum absolute atomic E-state index is 0.577. The van der Waals surface area contributed by atoms with Crippen molar-refractivity contribution in [3.8, 4) is 5.75 Å². The van der Waals surface area contributed by atoms with E-state index in [2.05, 4.69) is 39.7 Å². The second kappa shape index (κ2) is 7.80. The first-order valence-corrected chi connectivity index (χ1v) is 8.61. The van der Waals surface area contributed by atoms with Crippen LogP contribution in [-0.4, -0.2) is 14.6 Å². The maximum absolute atomic E-state index is 5.89. The van der Waals surface area contributed by atoms with E-state index in [0.717, 1.165) is 35.6 Å². The molecule has 4 rings (SSSR count). The van der Waals surface area contributed by atoms with Gasteiger partial charge in [0, 0.05) is 37.1 Å². The fourth-order valence-corrected chi connectivity index (χ4v) is 2.78. The minimum atomic E-state index is 0.577. The van der Waals surface area contributed by atoms with Gasteiger partial charge < -0.3 is 10.1 Å². The van der Waals surface area contributed by atoms with Gasteiger partial charge in [-0.3, -0.25) is 0 Å². The van der Waals surface area contributed by atoms with Crippen LogP contribution in [0, 0.1) is 0 Å². The monoisotopic (exact) mass is 344 g/mol. The van der Waals surface area contributed by atoms with Crippen molar-refractivity contribution >= 4 is 5.65 Å². The number of nitrogens with one attached hydrogen (secondary N) is 1. The predicted molar refractivity (Wildman–Crippen MR) is 101 cm³/mol. The molecule has 130 valence electrons. The molecule has 0 radical (unpaired) electrons. The molecule has 0 atom stereocenters. The summed E-state index contributed by atoms with van der Waals surface area (Å²) in [7, 11) is 0. The number of hydrogen-bond donors (Lipinski definition) is 1. The molecule has 0 unspecified atom stereocenters. The van der Waals surface area contributed by atoms with Crippen molar-refractivity contribution in [2.45, 2.75) is 19.7 Å². The summed E-state index contributed by atoms with van der Waals surface area (Å²) < 4.78 is 7.67. The van der Waals surface area contributed by atoms with Crippen molar-refractivity contribution in [1.82, 2.24) is 19.9 Å². The van der Waals surface area contributed by atoms with Gasteiger partial charge in [0.1, 0.15) is 12.4 Å². The molecule has 0 saturated heterocycles. The zero-order valence-electron chi connectivity index (χ0n) is 14.4. The van der Waals surface area contributed by atoms with Crippen LogP contribution in [0.5, 0.6) is 5.75 Å². The highest BCUT2D eigenvalue weighted by Gasteiger charge is 2.01. The summed E-state index contributed by atoms with van der Waals surface area (Å²) in [5.41, 5.74) is 4.30.